The minimum absolute atomic E-state index is 0.891. The van der Waals surface area contributed by atoms with Crippen LogP contribution in [0.15, 0.2) is 24.3 Å². The molecule has 1 aromatic rings. The number of rotatable bonds is 2. The van der Waals surface area contributed by atoms with E-state index in [0.717, 1.165) is 24.7 Å². The quantitative estimate of drug-likeness (QED) is 0.768. The molecule has 0 radical (unpaired) electrons. The first-order chi connectivity index (χ1) is 7.25. The first kappa shape index (κ1) is 10.4. The zero-order valence-corrected chi connectivity index (χ0v) is 9.81. The molecular weight excluding hydrogens is 204 g/mol. The second kappa shape index (κ2) is 4.62. The van der Waals surface area contributed by atoms with Crippen molar-refractivity contribution in [2.75, 3.05) is 13.1 Å². The van der Waals surface area contributed by atoms with E-state index in [9.17, 15) is 0 Å². The van der Waals surface area contributed by atoms with Gasteiger partial charge in [0.1, 0.15) is 0 Å². The molecule has 0 bridgehead atoms. The standard InChI is InChI=1S/C12H16N2S/c1-10-3-5-11(6-4-10)9-14-8-2-7-13-12(14)15/h3-6H,2,7-9H2,1H3,(H,13,15). The largest absolute Gasteiger partial charge is 0.362 e. The lowest BCUT2D eigenvalue weighted by molar-refractivity contribution is 0.370. The summed E-state index contributed by atoms with van der Waals surface area (Å²) in [5, 5.41) is 4.11. The molecule has 0 atom stereocenters. The fourth-order valence-electron chi connectivity index (χ4n) is 1.74. The van der Waals surface area contributed by atoms with E-state index < -0.39 is 0 Å². The molecular formula is C12H16N2S. The van der Waals surface area contributed by atoms with E-state index in [1.807, 2.05) is 0 Å². The first-order valence-electron chi connectivity index (χ1n) is 5.34. The van der Waals surface area contributed by atoms with Gasteiger partial charge in [-0.25, -0.2) is 0 Å². The fourth-order valence-corrected chi connectivity index (χ4v) is 2.00. The maximum absolute atomic E-state index is 5.27. The Hall–Kier alpha value is -1.09. The van der Waals surface area contributed by atoms with Gasteiger partial charge >= 0.3 is 0 Å². The maximum Gasteiger partial charge on any atom is 0.169 e. The van der Waals surface area contributed by atoms with Crippen molar-refractivity contribution < 1.29 is 0 Å². The summed E-state index contributed by atoms with van der Waals surface area (Å²) in [5.41, 5.74) is 2.63. The molecule has 1 aliphatic rings. The molecule has 1 saturated heterocycles. The number of nitrogens with one attached hydrogen (secondary N) is 1. The molecule has 80 valence electrons. The molecule has 15 heavy (non-hydrogen) atoms. The van der Waals surface area contributed by atoms with Gasteiger partial charge in [-0.2, -0.15) is 0 Å². The first-order valence-corrected chi connectivity index (χ1v) is 5.75. The van der Waals surface area contributed by atoms with E-state index in [1.165, 1.54) is 17.5 Å². The van der Waals surface area contributed by atoms with Gasteiger partial charge in [-0.3, -0.25) is 0 Å². The Morgan fingerprint density at radius 1 is 1.33 bits per heavy atom. The van der Waals surface area contributed by atoms with Gasteiger partial charge in [0.2, 0.25) is 0 Å². The fraction of sp³-hybridized carbons (Fsp3) is 0.417. The van der Waals surface area contributed by atoms with Crippen LogP contribution in [0.4, 0.5) is 0 Å². The van der Waals surface area contributed by atoms with Gasteiger partial charge in [0.05, 0.1) is 0 Å². The Bertz CT molecular complexity index is 345. The molecule has 1 aliphatic heterocycles. The highest BCUT2D eigenvalue weighted by Gasteiger charge is 2.13. The summed E-state index contributed by atoms with van der Waals surface area (Å²) in [6.45, 7) is 5.12. The third-order valence-corrected chi connectivity index (χ3v) is 3.06. The van der Waals surface area contributed by atoms with Crippen LogP contribution in [0.5, 0.6) is 0 Å². The van der Waals surface area contributed by atoms with Gasteiger partial charge < -0.3 is 10.2 Å². The van der Waals surface area contributed by atoms with Crippen molar-refractivity contribution in [3.05, 3.63) is 35.4 Å². The molecule has 1 N–H and O–H groups in total. The van der Waals surface area contributed by atoms with Gasteiger partial charge in [-0.05, 0) is 31.1 Å². The summed E-state index contributed by atoms with van der Waals surface area (Å²) in [6, 6.07) is 8.64. The highest BCUT2D eigenvalue weighted by molar-refractivity contribution is 7.80. The van der Waals surface area contributed by atoms with Crippen LogP contribution in [0.3, 0.4) is 0 Å². The number of hydrogen-bond donors (Lipinski definition) is 1. The van der Waals surface area contributed by atoms with E-state index in [1.54, 1.807) is 0 Å². The average molecular weight is 220 g/mol. The molecule has 0 spiro atoms. The van der Waals surface area contributed by atoms with E-state index in [4.69, 9.17) is 12.2 Å². The van der Waals surface area contributed by atoms with Gasteiger partial charge in [-0.15, -0.1) is 0 Å². The summed E-state index contributed by atoms with van der Waals surface area (Å²) in [7, 11) is 0. The van der Waals surface area contributed by atoms with Crippen molar-refractivity contribution in [2.45, 2.75) is 19.9 Å². The molecule has 2 rings (SSSR count). The van der Waals surface area contributed by atoms with Crippen molar-refractivity contribution >= 4 is 17.3 Å². The molecule has 1 heterocycles. The van der Waals surface area contributed by atoms with E-state index >= 15 is 0 Å². The lowest BCUT2D eigenvalue weighted by atomic mass is 10.1. The Labute approximate surface area is 96.3 Å². The Balaban J connectivity index is 2.01. The molecule has 0 aliphatic carbocycles. The van der Waals surface area contributed by atoms with Crippen LogP contribution in [0, 0.1) is 6.92 Å². The minimum atomic E-state index is 0.891. The second-order valence-electron chi connectivity index (χ2n) is 3.99. The van der Waals surface area contributed by atoms with Gasteiger partial charge in [-0.1, -0.05) is 29.8 Å². The van der Waals surface area contributed by atoms with Gasteiger partial charge in [0.15, 0.2) is 5.11 Å². The highest BCUT2D eigenvalue weighted by Crippen LogP contribution is 2.09. The monoisotopic (exact) mass is 220 g/mol. The third kappa shape index (κ3) is 2.69. The Morgan fingerprint density at radius 3 is 2.73 bits per heavy atom. The van der Waals surface area contributed by atoms with Crippen molar-refractivity contribution in [3.8, 4) is 0 Å². The number of hydrogen-bond acceptors (Lipinski definition) is 1. The number of nitrogens with zero attached hydrogens (tertiary/aromatic N) is 1. The second-order valence-corrected chi connectivity index (χ2v) is 4.38. The SMILES string of the molecule is Cc1ccc(CN2CCCNC2=S)cc1. The van der Waals surface area contributed by atoms with Crippen molar-refractivity contribution in [3.63, 3.8) is 0 Å². The van der Waals surface area contributed by atoms with Crippen LogP contribution in [0.1, 0.15) is 17.5 Å². The lowest BCUT2D eigenvalue weighted by Gasteiger charge is -2.30. The van der Waals surface area contributed by atoms with Crippen LogP contribution in [0.25, 0.3) is 0 Å². The third-order valence-electron chi connectivity index (χ3n) is 2.66. The highest BCUT2D eigenvalue weighted by atomic mass is 32.1. The summed E-state index contributed by atoms with van der Waals surface area (Å²) in [6.07, 6.45) is 1.17. The smallest absolute Gasteiger partial charge is 0.169 e. The van der Waals surface area contributed by atoms with Crippen molar-refractivity contribution in [2.24, 2.45) is 0 Å². The summed E-state index contributed by atoms with van der Waals surface area (Å²) >= 11 is 5.27. The van der Waals surface area contributed by atoms with Crippen LogP contribution in [-0.4, -0.2) is 23.1 Å². The van der Waals surface area contributed by atoms with Gasteiger partial charge in [0.25, 0.3) is 0 Å². The maximum atomic E-state index is 5.27. The molecule has 1 fully saturated rings. The molecule has 1 aromatic carbocycles. The van der Waals surface area contributed by atoms with Crippen molar-refractivity contribution in [1.82, 2.24) is 10.2 Å². The minimum Gasteiger partial charge on any atom is -0.362 e. The summed E-state index contributed by atoms with van der Waals surface area (Å²) in [4.78, 5) is 2.23. The summed E-state index contributed by atoms with van der Waals surface area (Å²) in [5.74, 6) is 0. The van der Waals surface area contributed by atoms with E-state index in [0.29, 0.717) is 0 Å². The van der Waals surface area contributed by atoms with E-state index in [-0.39, 0.29) is 0 Å². The zero-order chi connectivity index (χ0) is 10.7. The number of benzene rings is 1. The lowest BCUT2D eigenvalue weighted by Crippen LogP contribution is -2.45. The average Bonchev–Trinajstić information content (AvgIpc) is 2.25. The van der Waals surface area contributed by atoms with Gasteiger partial charge in [0, 0.05) is 19.6 Å². The topological polar surface area (TPSA) is 15.3 Å². The molecule has 0 aromatic heterocycles. The molecule has 0 amide bonds. The normalized spacial score (nSPS) is 16.3. The molecule has 0 saturated carbocycles. The molecule has 0 unspecified atom stereocenters. The molecule has 2 nitrogen and oxygen atoms in total. The zero-order valence-electron chi connectivity index (χ0n) is 8.99. The summed E-state index contributed by atoms with van der Waals surface area (Å²) < 4.78 is 0. The van der Waals surface area contributed by atoms with Crippen LogP contribution >= 0.6 is 12.2 Å². The number of aryl methyl sites for hydroxylation is 1. The Kier molecular flexibility index (Phi) is 3.21. The number of thiocarbonyl (C=S) groups is 1. The Morgan fingerprint density at radius 2 is 2.07 bits per heavy atom. The van der Waals surface area contributed by atoms with Crippen molar-refractivity contribution in [1.29, 1.82) is 0 Å². The predicted molar refractivity (Wildman–Crippen MR) is 66.8 cm³/mol. The van der Waals surface area contributed by atoms with E-state index in [2.05, 4.69) is 41.4 Å². The molecule has 3 heteroatoms. The van der Waals surface area contributed by atoms with Crippen LogP contribution in [0.2, 0.25) is 0 Å². The predicted octanol–water partition coefficient (Wildman–Crippen LogP) is 2.08. The van der Waals surface area contributed by atoms with Crippen LogP contribution in [-0.2, 0) is 6.54 Å². The van der Waals surface area contributed by atoms with Crippen LogP contribution < -0.4 is 5.32 Å².